The van der Waals surface area contributed by atoms with Crippen LogP contribution >= 0.6 is 11.8 Å². The number of carbonyl (C=O) groups is 2. The highest BCUT2D eigenvalue weighted by molar-refractivity contribution is 7.99. The number of aliphatic hydroxyl groups is 2. The Labute approximate surface area is 171 Å². The molecule has 0 radical (unpaired) electrons. The van der Waals surface area contributed by atoms with Crippen molar-refractivity contribution in [1.29, 1.82) is 0 Å². The molecule has 0 aromatic heterocycles. The van der Waals surface area contributed by atoms with Crippen molar-refractivity contribution < 1.29 is 29.3 Å². The third-order valence-corrected chi connectivity index (χ3v) is 6.83. The fourth-order valence-electron chi connectivity index (χ4n) is 4.17. The van der Waals surface area contributed by atoms with Crippen molar-refractivity contribution in [3.8, 4) is 0 Å². The monoisotopic (exact) mass is 417 g/mol. The van der Waals surface area contributed by atoms with E-state index in [1.54, 1.807) is 0 Å². The van der Waals surface area contributed by atoms with E-state index in [1.165, 1.54) is 18.7 Å². The highest BCUT2D eigenvalue weighted by Crippen LogP contribution is 2.38. The summed E-state index contributed by atoms with van der Waals surface area (Å²) in [6, 6.07) is -0.550. The van der Waals surface area contributed by atoms with Gasteiger partial charge in [-0.2, -0.15) is 11.8 Å². The first kappa shape index (κ1) is 23.6. The van der Waals surface area contributed by atoms with Crippen LogP contribution in [0.25, 0.3) is 0 Å². The predicted octanol–water partition coefficient (Wildman–Crippen LogP) is 1.49. The second-order valence-electron chi connectivity index (χ2n) is 8.68. The lowest BCUT2D eigenvalue weighted by atomic mass is 9.78. The SMILES string of the molecule is CC(=O)N[C@@H](C=O)CSCC1OC2OC(C)(C)CCCCC(C)C1C(O)C2O. The van der Waals surface area contributed by atoms with Gasteiger partial charge in [0.05, 0.1) is 23.9 Å². The van der Waals surface area contributed by atoms with Gasteiger partial charge in [-0.15, -0.1) is 0 Å². The summed E-state index contributed by atoms with van der Waals surface area (Å²) in [6.07, 6.45) is 1.40. The van der Waals surface area contributed by atoms with Crippen molar-refractivity contribution in [3.05, 3.63) is 0 Å². The number of amides is 1. The van der Waals surface area contributed by atoms with Crippen LogP contribution in [0.1, 0.15) is 53.4 Å². The standard InChI is InChI=1S/C20H35NO6S/c1-12-7-5-6-8-20(3,4)27-19-18(25)17(24)16(12)15(26-19)11-28-10-14(9-22)21-13(2)23/h9,12,14-19,24-25H,5-8,10-11H2,1-4H3,(H,21,23)/t12?,14-,15?,16?,17?,18?,19?/m0/s1. The van der Waals surface area contributed by atoms with Crippen molar-refractivity contribution in [1.82, 2.24) is 5.32 Å². The number of aliphatic hydroxyl groups excluding tert-OH is 2. The smallest absolute Gasteiger partial charge is 0.217 e. The first-order valence-electron chi connectivity index (χ1n) is 10.1. The van der Waals surface area contributed by atoms with Gasteiger partial charge in [-0.1, -0.05) is 26.2 Å². The average Bonchev–Trinajstić information content (AvgIpc) is 2.63. The van der Waals surface area contributed by atoms with E-state index in [2.05, 4.69) is 12.2 Å². The van der Waals surface area contributed by atoms with Crippen LogP contribution in [0.15, 0.2) is 0 Å². The van der Waals surface area contributed by atoms with Gasteiger partial charge in [0.1, 0.15) is 12.4 Å². The molecule has 3 N–H and O–H groups in total. The van der Waals surface area contributed by atoms with E-state index < -0.39 is 30.1 Å². The van der Waals surface area contributed by atoms with Crippen LogP contribution in [0.3, 0.4) is 0 Å². The first-order valence-corrected chi connectivity index (χ1v) is 11.3. The van der Waals surface area contributed by atoms with Crippen LogP contribution < -0.4 is 5.32 Å². The number of fused-ring (bicyclic) bond motifs is 8. The Morgan fingerprint density at radius 1 is 1.32 bits per heavy atom. The lowest BCUT2D eigenvalue weighted by Gasteiger charge is -2.46. The van der Waals surface area contributed by atoms with Gasteiger partial charge in [0.15, 0.2) is 6.29 Å². The molecule has 2 bridgehead atoms. The Kier molecular flexibility index (Phi) is 8.76. The lowest BCUT2D eigenvalue weighted by Crippen LogP contribution is -2.58. The molecule has 7 nitrogen and oxygen atoms in total. The highest BCUT2D eigenvalue weighted by Gasteiger charge is 2.48. The minimum Gasteiger partial charge on any atom is -0.390 e. The molecule has 0 aromatic rings. The van der Waals surface area contributed by atoms with Crippen LogP contribution in [0.2, 0.25) is 0 Å². The Morgan fingerprint density at radius 2 is 2.04 bits per heavy atom. The van der Waals surface area contributed by atoms with Crippen molar-refractivity contribution in [3.63, 3.8) is 0 Å². The zero-order valence-corrected chi connectivity index (χ0v) is 18.1. The minimum absolute atomic E-state index is 0.189. The highest BCUT2D eigenvalue weighted by atomic mass is 32.2. The molecule has 0 aliphatic carbocycles. The van der Waals surface area contributed by atoms with E-state index in [0.29, 0.717) is 11.5 Å². The summed E-state index contributed by atoms with van der Waals surface area (Å²) >= 11 is 1.49. The van der Waals surface area contributed by atoms with Gasteiger partial charge in [-0.25, -0.2) is 0 Å². The Bertz CT molecular complexity index is 531. The van der Waals surface area contributed by atoms with Crippen molar-refractivity contribution in [2.24, 2.45) is 11.8 Å². The molecule has 28 heavy (non-hydrogen) atoms. The second-order valence-corrected chi connectivity index (χ2v) is 9.76. The Hall–Kier alpha value is -0.670. The van der Waals surface area contributed by atoms with Crippen LogP contribution in [0.5, 0.6) is 0 Å². The maximum Gasteiger partial charge on any atom is 0.217 e. The molecule has 0 saturated carbocycles. The maximum atomic E-state index is 11.2. The average molecular weight is 418 g/mol. The molecule has 3 heterocycles. The maximum absolute atomic E-state index is 11.2. The number of ether oxygens (including phenoxy) is 2. The van der Waals surface area contributed by atoms with E-state index in [0.717, 1.165) is 32.0 Å². The van der Waals surface area contributed by atoms with Crippen molar-refractivity contribution in [2.75, 3.05) is 11.5 Å². The molecule has 3 saturated heterocycles. The summed E-state index contributed by atoms with van der Waals surface area (Å²) in [5, 5.41) is 24.0. The van der Waals surface area contributed by atoms with Gasteiger partial charge in [0.2, 0.25) is 5.91 Å². The molecular weight excluding hydrogens is 382 g/mol. The molecule has 3 aliphatic heterocycles. The fourth-order valence-corrected chi connectivity index (χ4v) is 5.26. The third kappa shape index (κ3) is 6.42. The summed E-state index contributed by atoms with van der Waals surface area (Å²) < 4.78 is 12.2. The van der Waals surface area contributed by atoms with Gasteiger partial charge < -0.3 is 29.8 Å². The van der Waals surface area contributed by atoms with Gasteiger partial charge in [0.25, 0.3) is 0 Å². The first-order chi connectivity index (χ1) is 13.1. The topological polar surface area (TPSA) is 105 Å². The van der Waals surface area contributed by atoms with Gasteiger partial charge in [0, 0.05) is 24.3 Å². The molecular formula is C20H35NO6S. The van der Waals surface area contributed by atoms with E-state index >= 15 is 0 Å². The molecule has 7 atom stereocenters. The van der Waals surface area contributed by atoms with E-state index in [4.69, 9.17) is 9.47 Å². The molecule has 1 amide bonds. The molecule has 3 rings (SSSR count). The Balaban J connectivity index is 2.11. The number of hydrogen-bond acceptors (Lipinski definition) is 7. The normalized spacial score (nSPS) is 36.9. The third-order valence-electron chi connectivity index (χ3n) is 5.67. The van der Waals surface area contributed by atoms with Gasteiger partial charge in [-0.05, 0) is 26.2 Å². The molecule has 3 aliphatic rings. The van der Waals surface area contributed by atoms with E-state index in [1.807, 2.05) is 13.8 Å². The number of rotatable bonds is 6. The van der Waals surface area contributed by atoms with Crippen LogP contribution in [0, 0.1) is 11.8 Å². The number of nitrogens with one attached hydrogen (secondary N) is 1. The largest absolute Gasteiger partial charge is 0.390 e. The van der Waals surface area contributed by atoms with Crippen LogP contribution in [0.4, 0.5) is 0 Å². The van der Waals surface area contributed by atoms with Crippen LogP contribution in [-0.2, 0) is 19.1 Å². The summed E-state index contributed by atoms with van der Waals surface area (Å²) in [4.78, 5) is 22.3. The number of hydrogen-bond donors (Lipinski definition) is 3. The number of aldehydes is 1. The second kappa shape index (κ2) is 10.4. The zero-order chi connectivity index (χ0) is 20.9. The van der Waals surface area contributed by atoms with E-state index in [9.17, 15) is 19.8 Å². The van der Waals surface area contributed by atoms with E-state index in [-0.39, 0.29) is 23.8 Å². The summed E-state index contributed by atoms with van der Waals surface area (Å²) in [5.74, 6) is 0.710. The zero-order valence-electron chi connectivity index (χ0n) is 17.3. The quantitative estimate of drug-likeness (QED) is 0.562. The lowest BCUT2D eigenvalue weighted by molar-refractivity contribution is -0.311. The molecule has 0 aromatic carbocycles. The molecule has 6 unspecified atom stereocenters. The predicted molar refractivity (Wildman–Crippen MR) is 108 cm³/mol. The van der Waals surface area contributed by atoms with Crippen molar-refractivity contribution >= 4 is 24.0 Å². The van der Waals surface area contributed by atoms with Gasteiger partial charge in [-0.3, -0.25) is 4.79 Å². The minimum atomic E-state index is -1.09. The molecule has 162 valence electrons. The molecule has 8 heteroatoms. The summed E-state index contributed by atoms with van der Waals surface area (Å²) in [6.45, 7) is 7.44. The van der Waals surface area contributed by atoms with Crippen LogP contribution in [-0.4, -0.2) is 70.2 Å². The molecule has 3 fully saturated rings. The Morgan fingerprint density at radius 3 is 2.68 bits per heavy atom. The summed E-state index contributed by atoms with van der Waals surface area (Å²) in [7, 11) is 0. The molecule has 0 spiro atoms. The van der Waals surface area contributed by atoms with Crippen molar-refractivity contribution in [2.45, 2.75) is 89.6 Å². The number of thioether (sulfide) groups is 1. The summed E-state index contributed by atoms with van der Waals surface area (Å²) in [5.41, 5.74) is -0.447. The van der Waals surface area contributed by atoms with Gasteiger partial charge >= 0.3 is 0 Å². The fraction of sp³-hybridized carbons (Fsp3) is 0.900. The number of carbonyl (C=O) groups excluding carboxylic acids is 2.